The van der Waals surface area contributed by atoms with Gasteiger partial charge >= 0.3 is 7.60 Å². The smallest absolute Gasteiger partial charge is 0.324 e. The van der Waals surface area contributed by atoms with Crippen molar-refractivity contribution in [1.29, 1.82) is 0 Å². The van der Waals surface area contributed by atoms with Crippen molar-refractivity contribution in [2.24, 2.45) is 0 Å². The fourth-order valence-corrected chi connectivity index (χ4v) is 4.88. The summed E-state index contributed by atoms with van der Waals surface area (Å²) < 4.78 is 17.3. The van der Waals surface area contributed by atoms with Gasteiger partial charge in [-0.25, -0.2) is 0 Å². The van der Waals surface area contributed by atoms with Crippen LogP contribution in [0.5, 0.6) is 0 Å². The Morgan fingerprint density at radius 3 is 1.50 bits per heavy atom. The summed E-state index contributed by atoms with van der Waals surface area (Å²) in [6.45, 7) is 4.90. The van der Waals surface area contributed by atoms with Crippen molar-refractivity contribution in [1.82, 2.24) is 0 Å². The van der Waals surface area contributed by atoms with Crippen molar-refractivity contribution >= 4 is 7.60 Å². The Morgan fingerprint density at radius 2 is 1.00 bits per heavy atom. The monoisotopic (exact) mass is 444 g/mol. The molecule has 4 heteroatoms. The van der Waals surface area contributed by atoms with E-state index in [1.807, 2.05) is 0 Å². The fraction of sp³-hybridized carbons (Fsp3) is 0.923. The highest BCUT2D eigenvalue weighted by atomic mass is 31.2. The lowest BCUT2D eigenvalue weighted by molar-refractivity contribution is 0.252. The van der Waals surface area contributed by atoms with Crippen LogP contribution >= 0.6 is 7.60 Å². The molecule has 0 saturated carbocycles. The zero-order valence-corrected chi connectivity index (χ0v) is 21.3. The summed E-state index contributed by atoms with van der Waals surface area (Å²) in [7, 11) is -3.35. The van der Waals surface area contributed by atoms with E-state index in [9.17, 15) is 9.46 Å². The Morgan fingerprint density at radius 1 is 0.600 bits per heavy atom. The van der Waals surface area contributed by atoms with Gasteiger partial charge < -0.3 is 9.42 Å². The van der Waals surface area contributed by atoms with Gasteiger partial charge in [-0.1, -0.05) is 116 Å². The molecule has 1 unspecified atom stereocenters. The van der Waals surface area contributed by atoms with Gasteiger partial charge in [0.15, 0.2) is 0 Å². The number of allylic oxidation sites excluding steroid dienone is 2. The normalized spacial score (nSPS) is 13.8. The Labute approximate surface area is 189 Å². The zero-order valence-electron chi connectivity index (χ0n) is 20.4. The molecule has 0 saturated heterocycles. The van der Waals surface area contributed by atoms with Crippen LogP contribution in [0.3, 0.4) is 0 Å². The minimum Gasteiger partial charge on any atom is -0.324 e. The maximum absolute atomic E-state index is 12.0. The highest BCUT2D eigenvalue weighted by Crippen LogP contribution is 2.43. The molecule has 0 heterocycles. The first-order valence-electron chi connectivity index (χ1n) is 13.2. The number of unbranched alkanes of at least 4 members (excludes halogenated alkanes) is 17. The van der Waals surface area contributed by atoms with Crippen LogP contribution in [0.25, 0.3) is 0 Å². The summed E-state index contributed by atoms with van der Waals surface area (Å²) in [6.07, 6.45) is 29.6. The van der Waals surface area contributed by atoms with Crippen molar-refractivity contribution in [2.75, 3.05) is 12.8 Å². The van der Waals surface area contributed by atoms with Crippen molar-refractivity contribution < 1.29 is 14.0 Å². The summed E-state index contributed by atoms with van der Waals surface area (Å²) in [6, 6.07) is 0. The average molecular weight is 445 g/mol. The molecule has 0 aliphatic carbocycles. The van der Waals surface area contributed by atoms with Gasteiger partial charge in [-0.05, 0) is 38.5 Å². The highest BCUT2D eigenvalue weighted by molar-refractivity contribution is 7.52. The summed E-state index contributed by atoms with van der Waals surface area (Å²) in [5.41, 5.74) is 0. The molecule has 0 bridgehead atoms. The van der Waals surface area contributed by atoms with Gasteiger partial charge in [0.25, 0.3) is 0 Å². The maximum Gasteiger partial charge on any atom is 0.328 e. The van der Waals surface area contributed by atoms with E-state index in [2.05, 4.69) is 26.0 Å². The molecular formula is C26H53O3P. The average Bonchev–Trinajstić information content (AvgIpc) is 2.73. The molecule has 0 aliphatic heterocycles. The summed E-state index contributed by atoms with van der Waals surface area (Å²) >= 11 is 0. The second-order valence-corrected chi connectivity index (χ2v) is 10.9. The van der Waals surface area contributed by atoms with Crippen LogP contribution in [0.2, 0.25) is 0 Å². The summed E-state index contributed by atoms with van der Waals surface area (Å²) in [4.78, 5) is 9.87. The first-order valence-corrected chi connectivity index (χ1v) is 15.0. The van der Waals surface area contributed by atoms with E-state index in [4.69, 9.17) is 4.52 Å². The molecule has 0 aliphatic rings. The van der Waals surface area contributed by atoms with Crippen LogP contribution in [0, 0.1) is 0 Å². The molecule has 3 nitrogen and oxygen atoms in total. The second kappa shape index (κ2) is 23.6. The van der Waals surface area contributed by atoms with E-state index in [1.165, 1.54) is 103 Å². The van der Waals surface area contributed by atoms with Crippen LogP contribution in [0.15, 0.2) is 12.2 Å². The topological polar surface area (TPSA) is 46.5 Å². The van der Waals surface area contributed by atoms with E-state index in [-0.39, 0.29) is 0 Å². The molecule has 0 fully saturated rings. The molecule has 1 N–H and O–H groups in total. The Balaban J connectivity index is 3.31. The van der Waals surface area contributed by atoms with E-state index in [0.717, 1.165) is 25.7 Å². The van der Waals surface area contributed by atoms with E-state index < -0.39 is 7.60 Å². The lowest BCUT2D eigenvalue weighted by Crippen LogP contribution is -1.97. The van der Waals surface area contributed by atoms with Crippen molar-refractivity contribution in [2.45, 2.75) is 142 Å². The summed E-state index contributed by atoms with van der Waals surface area (Å²) in [5, 5.41) is 0. The lowest BCUT2D eigenvalue weighted by atomic mass is 10.1. The van der Waals surface area contributed by atoms with Gasteiger partial charge in [0.2, 0.25) is 0 Å². The van der Waals surface area contributed by atoms with Gasteiger partial charge in [0.1, 0.15) is 0 Å². The SMILES string of the molecule is CCCCCCCC/C=C\CCCCCCCCOP(=O)(O)CCCCCCCC. The van der Waals surface area contributed by atoms with Crippen molar-refractivity contribution in [3.63, 3.8) is 0 Å². The summed E-state index contributed by atoms with van der Waals surface area (Å²) in [5.74, 6) is 0. The lowest BCUT2D eigenvalue weighted by Gasteiger charge is -2.12. The van der Waals surface area contributed by atoms with Crippen molar-refractivity contribution in [3.05, 3.63) is 12.2 Å². The Hall–Kier alpha value is -0.110. The molecule has 30 heavy (non-hydrogen) atoms. The molecule has 0 spiro atoms. The standard InChI is InChI=1S/C26H53O3P/c1-3-5-7-9-11-12-13-14-15-16-17-18-19-20-21-23-25-29-30(27,28)26-24-22-10-8-6-4-2/h14-15H,3-13,16-26H2,1-2H3,(H,27,28)/b15-14-. The predicted octanol–water partition coefficient (Wildman–Crippen LogP) is 9.59. The molecule has 0 aromatic heterocycles. The second-order valence-electron chi connectivity index (χ2n) is 8.90. The third kappa shape index (κ3) is 24.2. The molecule has 0 aromatic carbocycles. The maximum atomic E-state index is 12.0. The Kier molecular flexibility index (Phi) is 23.5. The fourth-order valence-electron chi connectivity index (χ4n) is 3.71. The van der Waals surface area contributed by atoms with Crippen LogP contribution in [-0.4, -0.2) is 17.7 Å². The third-order valence-corrected chi connectivity index (χ3v) is 7.21. The van der Waals surface area contributed by atoms with Gasteiger partial charge in [-0.2, -0.15) is 0 Å². The van der Waals surface area contributed by atoms with E-state index in [1.54, 1.807) is 0 Å². The quantitative estimate of drug-likeness (QED) is 0.0915. The van der Waals surface area contributed by atoms with E-state index >= 15 is 0 Å². The minimum absolute atomic E-state index is 0.325. The molecular weight excluding hydrogens is 391 g/mol. The van der Waals surface area contributed by atoms with Crippen molar-refractivity contribution in [3.8, 4) is 0 Å². The molecule has 180 valence electrons. The number of rotatable bonds is 24. The van der Waals surface area contributed by atoms with Gasteiger partial charge in [0, 0.05) is 6.16 Å². The molecule has 0 aromatic rings. The molecule has 1 atom stereocenters. The first-order chi connectivity index (χ1) is 14.6. The van der Waals surface area contributed by atoms with Gasteiger partial charge in [0.05, 0.1) is 6.61 Å². The Bertz CT molecular complexity index is 409. The molecule has 0 radical (unpaired) electrons. The third-order valence-electron chi connectivity index (χ3n) is 5.74. The van der Waals surface area contributed by atoms with Crippen LogP contribution < -0.4 is 0 Å². The zero-order chi connectivity index (χ0) is 22.2. The largest absolute Gasteiger partial charge is 0.328 e. The predicted molar refractivity (Wildman–Crippen MR) is 133 cm³/mol. The van der Waals surface area contributed by atoms with E-state index in [0.29, 0.717) is 12.8 Å². The van der Waals surface area contributed by atoms with Gasteiger partial charge in [-0.3, -0.25) is 4.57 Å². The highest BCUT2D eigenvalue weighted by Gasteiger charge is 2.17. The molecule has 0 amide bonds. The van der Waals surface area contributed by atoms with Gasteiger partial charge in [-0.15, -0.1) is 0 Å². The van der Waals surface area contributed by atoms with Crippen LogP contribution in [0.1, 0.15) is 142 Å². The molecule has 0 rings (SSSR count). The number of hydrogen-bond acceptors (Lipinski definition) is 2. The van der Waals surface area contributed by atoms with Crippen LogP contribution in [0.4, 0.5) is 0 Å². The minimum atomic E-state index is -3.35. The van der Waals surface area contributed by atoms with Crippen LogP contribution in [-0.2, 0) is 9.09 Å². The first kappa shape index (κ1) is 29.9. The number of hydrogen-bond donors (Lipinski definition) is 1.